The maximum absolute atomic E-state index is 6.11. The summed E-state index contributed by atoms with van der Waals surface area (Å²) in [6.07, 6.45) is 1.07. The lowest BCUT2D eigenvalue weighted by atomic mass is 10.1. The van der Waals surface area contributed by atoms with Gasteiger partial charge in [0.1, 0.15) is 0 Å². The van der Waals surface area contributed by atoms with Crippen molar-refractivity contribution in [1.29, 1.82) is 0 Å². The van der Waals surface area contributed by atoms with Gasteiger partial charge in [-0.1, -0.05) is 23.7 Å². The number of rotatable bonds is 6. The highest BCUT2D eigenvalue weighted by molar-refractivity contribution is 6.31. The Balaban J connectivity index is 1.71. The first-order chi connectivity index (χ1) is 9.56. The van der Waals surface area contributed by atoms with Crippen LogP contribution in [0.3, 0.4) is 0 Å². The molecule has 0 radical (unpaired) electrons. The molecule has 0 aliphatic heterocycles. The molecular formula is C16H22ClN3. The van der Waals surface area contributed by atoms with Crippen LogP contribution in [0, 0.1) is 20.8 Å². The second kappa shape index (κ2) is 6.91. The Kier molecular flexibility index (Phi) is 5.21. The lowest BCUT2D eigenvalue weighted by Crippen LogP contribution is -2.17. The van der Waals surface area contributed by atoms with Gasteiger partial charge in [0.2, 0.25) is 0 Å². The van der Waals surface area contributed by atoms with Gasteiger partial charge < -0.3 is 5.32 Å². The molecule has 20 heavy (non-hydrogen) atoms. The number of nitrogens with one attached hydrogen (secondary N) is 1. The Bertz CT molecular complexity index is 575. The molecule has 2 aromatic rings. The molecule has 1 heterocycles. The molecule has 1 N–H and O–H groups in total. The molecule has 0 spiro atoms. The smallest absolute Gasteiger partial charge is 0.0596 e. The molecule has 1 aromatic carbocycles. The molecule has 0 aliphatic carbocycles. The predicted molar refractivity (Wildman–Crippen MR) is 84.2 cm³/mol. The van der Waals surface area contributed by atoms with Crippen molar-refractivity contribution in [2.45, 2.75) is 40.3 Å². The molecule has 0 aliphatic rings. The van der Waals surface area contributed by atoms with Gasteiger partial charge in [0.15, 0.2) is 0 Å². The van der Waals surface area contributed by atoms with E-state index in [0.717, 1.165) is 42.3 Å². The highest BCUT2D eigenvalue weighted by Gasteiger charge is 2.01. The summed E-state index contributed by atoms with van der Waals surface area (Å²) in [5.41, 5.74) is 4.67. The minimum atomic E-state index is 0.840. The van der Waals surface area contributed by atoms with E-state index in [1.165, 1.54) is 11.3 Å². The topological polar surface area (TPSA) is 29.9 Å². The fourth-order valence-corrected chi connectivity index (χ4v) is 2.44. The van der Waals surface area contributed by atoms with Crippen molar-refractivity contribution in [3.05, 3.63) is 51.8 Å². The standard InChI is InChI=1S/C16H22ClN3/c1-12-5-6-15(10-16(12)17)11-18-7-4-8-20-14(3)9-13(2)19-20/h5-6,9-10,18H,4,7-8,11H2,1-3H3. The second-order valence-corrected chi connectivity index (χ2v) is 5.67. The summed E-state index contributed by atoms with van der Waals surface area (Å²) in [5.74, 6) is 0. The average molecular weight is 292 g/mol. The number of benzene rings is 1. The van der Waals surface area contributed by atoms with Crippen molar-refractivity contribution in [1.82, 2.24) is 15.1 Å². The van der Waals surface area contributed by atoms with Gasteiger partial charge in [0.25, 0.3) is 0 Å². The third-order valence-corrected chi connectivity index (χ3v) is 3.80. The first kappa shape index (κ1) is 15.1. The van der Waals surface area contributed by atoms with Crippen LogP contribution in [-0.2, 0) is 13.1 Å². The molecule has 4 heteroatoms. The quantitative estimate of drug-likeness (QED) is 0.824. The maximum atomic E-state index is 6.11. The van der Waals surface area contributed by atoms with Crippen molar-refractivity contribution in [2.75, 3.05) is 6.54 Å². The summed E-state index contributed by atoms with van der Waals surface area (Å²) in [6.45, 7) is 8.95. The fraction of sp³-hybridized carbons (Fsp3) is 0.438. The molecule has 0 saturated carbocycles. The number of halogens is 1. The van der Waals surface area contributed by atoms with Crippen molar-refractivity contribution in [3.63, 3.8) is 0 Å². The summed E-state index contributed by atoms with van der Waals surface area (Å²) in [4.78, 5) is 0. The molecule has 0 saturated heterocycles. The zero-order chi connectivity index (χ0) is 14.5. The van der Waals surface area contributed by atoms with Crippen LogP contribution in [0.2, 0.25) is 5.02 Å². The van der Waals surface area contributed by atoms with E-state index in [1.54, 1.807) is 0 Å². The normalized spacial score (nSPS) is 11.0. The summed E-state index contributed by atoms with van der Waals surface area (Å²) in [6, 6.07) is 8.33. The lowest BCUT2D eigenvalue weighted by Gasteiger charge is -2.07. The van der Waals surface area contributed by atoms with Crippen molar-refractivity contribution in [2.24, 2.45) is 0 Å². The molecule has 3 nitrogen and oxygen atoms in total. The van der Waals surface area contributed by atoms with Gasteiger partial charge >= 0.3 is 0 Å². The van der Waals surface area contributed by atoms with Gasteiger partial charge in [0, 0.05) is 23.8 Å². The third kappa shape index (κ3) is 4.09. The SMILES string of the molecule is Cc1cc(C)n(CCCNCc2ccc(C)c(Cl)c2)n1. The first-order valence-electron chi connectivity index (χ1n) is 7.03. The third-order valence-electron chi connectivity index (χ3n) is 3.39. The number of hydrogen-bond donors (Lipinski definition) is 1. The molecule has 0 unspecified atom stereocenters. The molecule has 0 amide bonds. The Morgan fingerprint density at radius 3 is 2.65 bits per heavy atom. The van der Waals surface area contributed by atoms with Crippen LogP contribution in [0.4, 0.5) is 0 Å². The van der Waals surface area contributed by atoms with E-state index < -0.39 is 0 Å². The van der Waals surface area contributed by atoms with E-state index >= 15 is 0 Å². The Morgan fingerprint density at radius 2 is 2.00 bits per heavy atom. The van der Waals surface area contributed by atoms with Crippen LogP contribution in [0.1, 0.15) is 28.9 Å². The summed E-state index contributed by atoms with van der Waals surface area (Å²) < 4.78 is 2.07. The van der Waals surface area contributed by atoms with Gasteiger partial charge in [-0.3, -0.25) is 4.68 Å². The van der Waals surface area contributed by atoms with E-state index in [1.807, 2.05) is 19.9 Å². The maximum Gasteiger partial charge on any atom is 0.0596 e. The first-order valence-corrected chi connectivity index (χ1v) is 7.41. The fourth-order valence-electron chi connectivity index (χ4n) is 2.23. The van der Waals surface area contributed by atoms with Crippen molar-refractivity contribution < 1.29 is 0 Å². The Hall–Kier alpha value is -1.32. The number of aromatic nitrogens is 2. The highest BCUT2D eigenvalue weighted by atomic mass is 35.5. The summed E-state index contributed by atoms with van der Waals surface area (Å²) >= 11 is 6.11. The minimum Gasteiger partial charge on any atom is -0.313 e. The number of nitrogens with zero attached hydrogens (tertiary/aromatic N) is 2. The van der Waals surface area contributed by atoms with Gasteiger partial charge in [-0.05, 0) is 57.0 Å². The van der Waals surface area contributed by atoms with Gasteiger partial charge in [0.05, 0.1) is 5.69 Å². The Labute approximate surface area is 126 Å². The van der Waals surface area contributed by atoms with Gasteiger partial charge in [-0.2, -0.15) is 5.10 Å². The van der Waals surface area contributed by atoms with E-state index in [9.17, 15) is 0 Å². The van der Waals surface area contributed by atoms with Crippen molar-refractivity contribution >= 4 is 11.6 Å². The van der Waals surface area contributed by atoms with E-state index in [2.05, 4.69) is 40.2 Å². The number of hydrogen-bond acceptors (Lipinski definition) is 2. The van der Waals surface area contributed by atoms with Crippen LogP contribution in [0.15, 0.2) is 24.3 Å². The number of aryl methyl sites for hydroxylation is 4. The van der Waals surface area contributed by atoms with Gasteiger partial charge in [-0.25, -0.2) is 0 Å². The molecule has 0 atom stereocenters. The predicted octanol–water partition coefficient (Wildman–Crippen LogP) is 3.64. The van der Waals surface area contributed by atoms with Crippen molar-refractivity contribution in [3.8, 4) is 0 Å². The molecule has 0 bridgehead atoms. The van der Waals surface area contributed by atoms with Gasteiger partial charge in [-0.15, -0.1) is 0 Å². The molecular weight excluding hydrogens is 270 g/mol. The monoisotopic (exact) mass is 291 g/mol. The average Bonchev–Trinajstić information content (AvgIpc) is 2.72. The van der Waals surface area contributed by atoms with Crippen LogP contribution >= 0.6 is 11.6 Å². The van der Waals surface area contributed by atoms with Crippen LogP contribution in [0.25, 0.3) is 0 Å². The molecule has 0 fully saturated rings. The van der Waals surface area contributed by atoms with Crippen LogP contribution < -0.4 is 5.32 Å². The summed E-state index contributed by atoms with van der Waals surface area (Å²) in [5, 5.41) is 8.74. The minimum absolute atomic E-state index is 0.840. The Morgan fingerprint density at radius 1 is 1.20 bits per heavy atom. The van der Waals surface area contributed by atoms with E-state index in [4.69, 9.17) is 11.6 Å². The van der Waals surface area contributed by atoms with Crippen LogP contribution in [0.5, 0.6) is 0 Å². The molecule has 1 aromatic heterocycles. The zero-order valence-electron chi connectivity index (χ0n) is 12.4. The summed E-state index contributed by atoms with van der Waals surface area (Å²) in [7, 11) is 0. The largest absolute Gasteiger partial charge is 0.313 e. The lowest BCUT2D eigenvalue weighted by molar-refractivity contribution is 0.532. The second-order valence-electron chi connectivity index (χ2n) is 5.26. The highest BCUT2D eigenvalue weighted by Crippen LogP contribution is 2.16. The zero-order valence-corrected chi connectivity index (χ0v) is 13.2. The molecule has 108 valence electrons. The molecule has 2 rings (SSSR count). The van der Waals surface area contributed by atoms with E-state index in [-0.39, 0.29) is 0 Å². The van der Waals surface area contributed by atoms with E-state index in [0.29, 0.717) is 0 Å². The van der Waals surface area contributed by atoms with Crippen LogP contribution in [-0.4, -0.2) is 16.3 Å².